The molecule has 2 rings (SSSR count). The third-order valence-corrected chi connectivity index (χ3v) is 6.31. The summed E-state index contributed by atoms with van der Waals surface area (Å²) in [6.07, 6.45) is 3.98. The number of benzene rings is 2. The molecule has 1 unspecified atom stereocenters. The van der Waals surface area contributed by atoms with Crippen LogP contribution in [-0.2, 0) is 27.5 Å². The van der Waals surface area contributed by atoms with Crippen LogP contribution in [0.4, 0.5) is 10.1 Å². The minimum atomic E-state index is -0.764. The molecule has 2 aromatic rings. The fourth-order valence-corrected chi connectivity index (χ4v) is 3.84. The van der Waals surface area contributed by atoms with Crippen molar-refractivity contribution in [1.29, 1.82) is 0 Å². The van der Waals surface area contributed by atoms with E-state index in [-0.39, 0.29) is 25.1 Å². The molecular weight excluding hydrogens is 541 g/mol. The van der Waals surface area contributed by atoms with Gasteiger partial charge in [-0.15, -0.1) is 0 Å². The quantitative estimate of drug-likeness (QED) is 0.127. The summed E-state index contributed by atoms with van der Waals surface area (Å²) in [7, 11) is 3.34. The lowest BCUT2D eigenvalue weighted by Crippen LogP contribution is -2.38. The second-order valence-corrected chi connectivity index (χ2v) is 9.57. The van der Waals surface area contributed by atoms with E-state index in [9.17, 15) is 18.8 Å². The van der Waals surface area contributed by atoms with E-state index in [1.165, 1.54) is 32.3 Å². The van der Waals surface area contributed by atoms with E-state index in [1.54, 1.807) is 35.4 Å². The van der Waals surface area contributed by atoms with Crippen molar-refractivity contribution in [2.75, 3.05) is 39.0 Å². The Kier molecular flexibility index (Phi) is 14.0. The average molecular weight is 582 g/mol. The second-order valence-electron chi connectivity index (χ2n) is 9.57. The highest BCUT2D eigenvalue weighted by atomic mass is 19.1. The summed E-state index contributed by atoms with van der Waals surface area (Å²) in [6, 6.07) is 8.66. The van der Waals surface area contributed by atoms with Gasteiger partial charge in [-0.1, -0.05) is 12.1 Å². The fourth-order valence-electron chi connectivity index (χ4n) is 3.84. The number of rotatable bonds is 17. The average Bonchev–Trinajstić information content (AvgIpc) is 2.99. The van der Waals surface area contributed by atoms with Gasteiger partial charge in [0.25, 0.3) is 5.91 Å². The fraction of sp³-hybridized carbons (Fsp3) is 0.367. The van der Waals surface area contributed by atoms with Crippen LogP contribution in [0.3, 0.4) is 0 Å². The number of anilines is 1. The Balaban J connectivity index is 2.29. The number of hydrogen-bond donors (Lipinski definition) is 4. The van der Waals surface area contributed by atoms with Crippen LogP contribution in [0.15, 0.2) is 52.6 Å². The van der Waals surface area contributed by atoms with E-state index in [2.05, 4.69) is 32.7 Å². The van der Waals surface area contributed by atoms with Crippen LogP contribution in [0.25, 0.3) is 5.57 Å². The third-order valence-electron chi connectivity index (χ3n) is 6.31. The van der Waals surface area contributed by atoms with E-state index in [4.69, 9.17) is 10.5 Å². The van der Waals surface area contributed by atoms with Crippen molar-refractivity contribution in [3.63, 3.8) is 0 Å². The van der Waals surface area contributed by atoms with Gasteiger partial charge in [0.1, 0.15) is 18.5 Å². The Morgan fingerprint density at radius 2 is 1.95 bits per heavy atom. The molecule has 0 heterocycles. The van der Waals surface area contributed by atoms with Crippen molar-refractivity contribution in [3.8, 4) is 0 Å². The Labute approximate surface area is 246 Å². The van der Waals surface area contributed by atoms with Gasteiger partial charge in [-0.25, -0.2) is 4.39 Å². The summed E-state index contributed by atoms with van der Waals surface area (Å²) < 4.78 is 19.8. The van der Waals surface area contributed by atoms with Gasteiger partial charge in [-0.3, -0.25) is 24.4 Å². The summed E-state index contributed by atoms with van der Waals surface area (Å²) >= 11 is 0. The maximum Gasteiger partial charge on any atom is 0.322 e. The number of esters is 1. The zero-order valence-electron chi connectivity index (χ0n) is 24.5. The van der Waals surface area contributed by atoms with Crippen LogP contribution in [-0.4, -0.2) is 81.9 Å². The SMILES string of the molecule is C=N/C=C(\C=NC[C@@H](C)N(C=O)CCNC)c1ccc(C(=O)NC)c(NCc2cc(COC(=O)C(C)N)ccc2F)c1. The molecule has 0 bridgehead atoms. The summed E-state index contributed by atoms with van der Waals surface area (Å²) in [6.45, 7) is 8.57. The lowest BCUT2D eigenvalue weighted by Gasteiger charge is -2.23. The molecule has 2 aromatic carbocycles. The monoisotopic (exact) mass is 581 g/mol. The molecule has 0 saturated heterocycles. The maximum atomic E-state index is 14.7. The molecule has 12 heteroatoms. The number of amides is 2. The van der Waals surface area contributed by atoms with Gasteiger partial charge in [0.2, 0.25) is 6.41 Å². The number of carbonyl (C=O) groups excluding carboxylic acids is 3. The summed E-state index contributed by atoms with van der Waals surface area (Å²) in [4.78, 5) is 45.8. The number of allylic oxidation sites excluding steroid dienone is 1. The predicted octanol–water partition coefficient (Wildman–Crippen LogP) is 2.37. The van der Waals surface area contributed by atoms with Crippen molar-refractivity contribution in [1.82, 2.24) is 15.5 Å². The Morgan fingerprint density at radius 3 is 2.60 bits per heavy atom. The van der Waals surface area contributed by atoms with Crippen molar-refractivity contribution >= 4 is 42.5 Å². The molecule has 0 aliphatic heterocycles. The second kappa shape index (κ2) is 17.4. The van der Waals surface area contributed by atoms with Crippen molar-refractivity contribution in [2.24, 2.45) is 15.7 Å². The first-order valence-corrected chi connectivity index (χ1v) is 13.5. The van der Waals surface area contributed by atoms with Crippen molar-refractivity contribution in [2.45, 2.75) is 39.1 Å². The molecule has 2 amide bonds. The summed E-state index contributed by atoms with van der Waals surface area (Å²) in [5.74, 6) is -1.34. The van der Waals surface area contributed by atoms with Crippen molar-refractivity contribution < 1.29 is 23.5 Å². The maximum absolute atomic E-state index is 14.7. The zero-order valence-corrected chi connectivity index (χ0v) is 24.5. The molecule has 5 N–H and O–H groups in total. The normalized spacial score (nSPS) is 12.9. The number of carbonyl (C=O) groups is 3. The third kappa shape index (κ3) is 10.2. The molecule has 0 fully saturated rings. The number of aliphatic imine (C=N–C) groups is 2. The molecule has 0 spiro atoms. The highest BCUT2D eigenvalue weighted by molar-refractivity contribution is 6.11. The van der Waals surface area contributed by atoms with E-state index in [1.807, 2.05) is 14.0 Å². The number of nitrogens with two attached hydrogens (primary N) is 1. The molecule has 11 nitrogen and oxygen atoms in total. The molecule has 2 atom stereocenters. The lowest BCUT2D eigenvalue weighted by molar-refractivity contribution is -0.146. The Bertz CT molecular complexity index is 1300. The summed E-state index contributed by atoms with van der Waals surface area (Å²) in [5, 5.41) is 8.78. The minimum absolute atomic E-state index is 0.0482. The smallest absolute Gasteiger partial charge is 0.322 e. The number of ether oxygens (including phenoxy) is 1. The first-order valence-electron chi connectivity index (χ1n) is 13.5. The molecule has 0 saturated carbocycles. The van der Waals surface area contributed by atoms with Gasteiger partial charge < -0.3 is 31.3 Å². The number of nitrogens with one attached hydrogen (secondary N) is 3. The molecule has 0 aliphatic carbocycles. The molecular formula is C30H40FN7O4. The highest BCUT2D eigenvalue weighted by Crippen LogP contribution is 2.24. The van der Waals surface area contributed by atoms with Gasteiger partial charge in [0.05, 0.1) is 12.1 Å². The number of nitrogens with zero attached hydrogens (tertiary/aromatic N) is 3. The molecule has 42 heavy (non-hydrogen) atoms. The van der Waals surface area contributed by atoms with E-state index < -0.39 is 17.8 Å². The summed E-state index contributed by atoms with van der Waals surface area (Å²) in [5.41, 5.74) is 8.56. The van der Waals surface area contributed by atoms with E-state index in [0.29, 0.717) is 53.1 Å². The molecule has 0 aliphatic rings. The van der Waals surface area contributed by atoms with Gasteiger partial charge in [-0.05, 0) is 63.0 Å². The van der Waals surface area contributed by atoms with Crippen LogP contribution in [0.2, 0.25) is 0 Å². The van der Waals surface area contributed by atoms with Crippen LogP contribution in [0, 0.1) is 5.82 Å². The van der Waals surface area contributed by atoms with Gasteiger partial charge in [0, 0.05) is 62.0 Å². The van der Waals surface area contributed by atoms with Crippen LogP contribution in [0.1, 0.15) is 40.9 Å². The Hall–Kier alpha value is -4.42. The predicted molar refractivity (Wildman–Crippen MR) is 164 cm³/mol. The number of likely N-dealkylation sites (N-methyl/N-ethyl adjacent to an activating group) is 1. The molecule has 226 valence electrons. The van der Waals surface area contributed by atoms with Gasteiger partial charge in [0.15, 0.2) is 0 Å². The molecule has 0 aromatic heterocycles. The number of halogens is 1. The standard InChI is InChI=1S/C30H40FN7O4/c1-20(38(19-39)11-10-33-3)14-36-16-25(15-34-4)23-7-8-26(29(40)35-5)28(13-23)37-17-24-12-22(6-9-27(24)31)18-42-30(41)21(2)32/h6-9,12-13,15-16,19-21,33,37H,4,10-11,14,17-18,32H2,1-3,5H3,(H,35,40)/b25-15+,36-16?/t20-,21?/m1/s1. The van der Waals surface area contributed by atoms with E-state index >= 15 is 0 Å². The van der Waals surface area contributed by atoms with Crippen LogP contribution in [0.5, 0.6) is 0 Å². The number of hydrogen-bond acceptors (Lipinski definition) is 9. The molecule has 0 radical (unpaired) electrons. The highest BCUT2D eigenvalue weighted by Gasteiger charge is 2.15. The van der Waals surface area contributed by atoms with E-state index in [0.717, 1.165) is 6.41 Å². The Morgan fingerprint density at radius 1 is 1.19 bits per heavy atom. The first-order chi connectivity index (χ1) is 20.1. The topological polar surface area (TPSA) is 151 Å². The lowest BCUT2D eigenvalue weighted by atomic mass is 10.0. The van der Waals surface area contributed by atoms with Crippen LogP contribution < -0.4 is 21.7 Å². The minimum Gasteiger partial charge on any atom is -0.460 e. The first kappa shape index (κ1) is 33.8. The largest absolute Gasteiger partial charge is 0.460 e. The van der Waals surface area contributed by atoms with Gasteiger partial charge in [-0.2, -0.15) is 0 Å². The van der Waals surface area contributed by atoms with Gasteiger partial charge >= 0.3 is 5.97 Å². The zero-order chi connectivity index (χ0) is 31.1. The van der Waals surface area contributed by atoms with Crippen LogP contribution >= 0.6 is 0 Å². The van der Waals surface area contributed by atoms with Crippen molar-refractivity contribution in [3.05, 3.63) is 70.7 Å².